The van der Waals surface area contributed by atoms with Crippen molar-refractivity contribution in [3.63, 3.8) is 0 Å². The molecule has 0 spiro atoms. The molecule has 0 atom stereocenters. The first-order chi connectivity index (χ1) is 8.01. The molecular formula is C7H8N2O7S2. The molecule has 0 unspecified atom stereocenters. The van der Waals surface area contributed by atoms with Crippen molar-refractivity contribution < 1.29 is 30.7 Å². The minimum Gasteiger partial charge on any atom is -0.351 e. The largest absolute Gasteiger partial charge is 0.351 e. The molecule has 1 rings (SSSR count). The maximum atomic E-state index is 10.9. The van der Waals surface area contributed by atoms with Gasteiger partial charge in [-0.25, -0.2) is 4.79 Å². The van der Waals surface area contributed by atoms with Gasteiger partial charge in [0.2, 0.25) is 0 Å². The van der Waals surface area contributed by atoms with Gasteiger partial charge in [0, 0.05) is 0 Å². The van der Waals surface area contributed by atoms with Crippen LogP contribution in [0.4, 0.5) is 10.5 Å². The summed E-state index contributed by atoms with van der Waals surface area (Å²) in [5.74, 6) is 0. The maximum Gasteiger partial charge on any atom is 0.316 e. The van der Waals surface area contributed by atoms with Gasteiger partial charge in [-0.2, -0.15) is 16.8 Å². The number of nitrogens with two attached hydrogens (primary N) is 1. The van der Waals surface area contributed by atoms with Gasteiger partial charge in [-0.15, -0.1) is 0 Å². The van der Waals surface area contributed by atoms with E-state index in [4.69, 9.17) is 14.8 Å². The summed E-state index contributed by atoms with van der Waals surface area (Å²) < 4.78 is 61.2. The summed E-state index contributed by atoms with van der Waals surface area (Å²) in [5, 5.41) is 1.82. The monoisotopic (exact) mass is 296 g/mol. The van der Waals surface area contributed by atoms with Crippen molar-refractivity contribution in [1.82, 2.24) is 0 Å². The molecule has 0 fully saturated rings. The lowest BCUT2D eigenvalue weighted by molar-refractivity contribution is 0.259. The van der Waals surface area contributed by atoms with E-state index >= 15 is 0 Å². The maximum absolute atomic E-state index is 10.9. The molecule has 9 nitrogen and oxygen atoms in total. The van der Waals surface area contributed by atoms with E-state index in [1.807, 2.05) is 5.32 Å². The van der Waals surface area contributed by atoms with Crippen molar-refractivity contribution in [2.75, 3.05) is 5.32 Å². The number of hydrogen-bond donors (Lipinski definition) is 4. The minimum absolute atomic E-state index is 0.569. The summed E-state index contributed by atoms with van der Waals surface area (Å²) >= 11 is 0. The van der Waals surface area contributed by atoms with Gasteiger partial charge in [-0.05, 0) is 18.2 Å². The van der Waals surface area contributed by atoms with Gasteiger partial charge in [0.1, 0.15) is 4.90 Å². The number of nitrogens with one attached hydrogen (secondary N) is 1. The van der Waals surface area contributed by atoms with Crippen molar-refractivity contribution in [3.8, 4) is 0 Å². The van der Waals surface area contributed by atoms with Crippen LogP contribution < -0.4 is 11.1 Å². The normalized spacial score (nSPS) is 12.1. The molecule has 100 valence electrons. The third-order valence-electron chi connectivity index (χ3n) is 1.78. The Morgan fingerprint density at radius 2 is 1.67 bits per heavy atom. The Morgan fingerprint density at radius 3 is 2.06 bits per heavy atom. The van der Waals surface area contributed by atoms with E-state index < -0.39 is 41.7 Å². The van der Waals surface area contributed by atoms with Crippen molar-refractivity contribution in [2.24, 2.45) is 5.73 Å². The lowest BCUT2D eigenvalue weighted by Crippen LogP contribution is -2.21. The van der Waals surface area contributed by atoms with Crippen LogP contribution in [0.15, 0.2) is 28.0 Å². The zero-order valence-corrected chi connectivity index (χ0v) is 10.2. The third-order valence-corrected chi connectivity index (χ3v) is 3.55. The molecule has 0 saturated carbocycles. The predicted molar refractivity (Wildman–Crippen MR) is 59.3 cm³/mol. The number of carbonyl (C=O) groups is 1. The standard InChI is InChI=1S/C7H8N2O7S2/c8-7(10)9-5-3-4(17(11,12)13)1-2-6(5)18(14,15)16/h1-3H,(H3,8,9,10)(H,11,12,13)(H,14,15,16). The fourth-order valence-electron chi connectivity index (χ4n) is 1.12. The van der Waals surface area contributed by atoms with Crippen LogP contribution in [0.5, 0.6) is 0 Å². The summed E-state index contributed by atoms with van der Waals surface area (Å²) in [6, 6.07) is 0.907. The van der Waals surface area contributed by atoms with E-state index in [1.54, 1.807) is 0 Å². The molecule has 0 aliphatic heterocycles. The van der Waals surface area contributed by atoms with Crippen LogP contribution in [-0.2, 0) is 20.2 Å². The van der Waals surface area contributed by atoms with E-state index in [1.165, 1.54) is 0 Å². The number of carbonyl (C=O) groups excluding carboxylic acids is 1. The van der Waals surface area contributed by atoms with Crippen molar-refractivity contribution in [3.05, 3.63) is 18.2 Å². The second kappa shape index (κ2) is 4.53. The molecule has 2 amide bonds. The van der Waals surface area contributed by atoms with E-state index in [0.717, 1.165) is 6.07 Å². The van der Waals surface area contributed by atoms with E-state index in [0.29, 0.717) is 12.1 Å². The molecule has 0 aromatic heterocycles. The van der Waals surface area contributed by atoms with Crippen LogP contribution >= 0.6 is 0 Å². The first kappa shape index (κ1) is 14.4. The predicted octanol–water partition coefficient (Wildman–Crippen LogP) is -0.329. The Bertz CT molecular complexity index is 693. The van der Waals surface area contributed by atoms with Gasteiger partial charge >= 0.3 is 6.03 Å². The number of urea groups is 1. The highest BCUT2D eigenvalue weighted by Crippen LogP contribution is 2.24. The Balaban J connectivity index is 3.53. The second-order valence-corrected chi connectivity index (χ2v) is 5.91. The first-order valence-electron chi connectivity index (χ1n) is 4.17. The SMILES string of the molecule is NC(=O)Nc1cc(S(=O)(=O)O)ccc1S(=O)(=O)O. The van der Waals surface area contributed by atoms with Crippen LogP contribution in [0.25, 0.3) is 0 Å². The van der Waals surface area contributed by atoms with Crippen LogP contribution in [0.2, 0.25) is 0 Å². The molecule has 0 aliphatic rings. The molecular weight excluding hydrogens is 288 g/mol. The van der Waals surface area contributed by atoms with E-state index in [2.05, 4.69) is 0 Å². The molecule has 0 heterocycles. The quantitative estimate of drug-likeness (QED) is 0.554. The number of anilines is 1. The van der Waals surface area contributed by atoms with Gasteiger partial charge in [0.15, 0.2) is 0 Å². The Morgan fingerprint density at radius 1 is 1.11 bits per heavy atom. The average molecular weight is 296 g/mol. The fraction of sp³-hybridized carbons (Fsp3) is 0. The first-order valence-corrected chi connectivity index (χ1v) is 7.05. The van der Waals surface area contributed by atoms with Crippen LogP contribution in [-0.4, -0.2) is 32.0 Å². The average Bonchev–Trinajstić information content (AvgIpc) is 2.13. The number of benzene rings is 1. The summed E-state index contributed by atoms with van der Waals surface area (Å²) in [5.41, 5.74) is 4.19. The lowest BCUT2D eigenvalue weighted by Gasteiger charge is -2.08. The molecule has 0 bridgehead atoms. The Hall–Kier alpha value is -1.69. The zero-order chi connectivity index (χ0) is 14.1. The number of amides is 2. The van der Waals surface area contributed by atoms with Crippen molar-refractivity contribution in [1.29, 1.82) is 0 Å². The highest BCUT2D eigenvalue weighted by Gasteiger charge is 2.20. The van der Waals surface area contributed by atoms with E-state index in [9.17, 15) is 21.6 Å². The Labute approximate surface area is 102 Å². The topological polar surface area (TPSA) is 164 Å². The Kier molecular flexibility index (Phi) is 3.62. The van der Waals surface area contributed by atoms with E-state index in [-0.39, 0.29) is 0 Å². The molecule has 5 N–H and O–H groups in total. The lowest BCUT2D eigenvalue weighted by atomic mass is 10.3. The van der Waals surface area contributed by atoms with Crippen LogP contribution in [0.3, 0.4) is 0 Å². The van der Waals surface area contributed by atoms with Gasteiger partial charge in [-0.3, -0.25) is 9.11 Å². The molecule has 1 aromatic carbocycles. The highest BCUT2D eigenvalue weighted by molar-refractivity contribution is 7.86. The number of primary amides is 1. The summed E-state index contributed by atoms with van der Waals surface area (Å²) in [6.45, 7) is 0. The highest BCUT2D eigenvalue weighted by atomic mass is 32.2. The molecule has 1 aromatic rings. The molecule has 11 heteroatoms. The molecule has 0 radical (unpaired) electrons. The van der Waals surface area contributed by atoms with Crippen LogP contribution in [0, 0.1) is 0 Å². The summed E-state index contributed by atoms with van der Waals surface area (Å²) in [7, 11) is -9.28. The van der Waals surface area contributed by atoms with Crippen molar-refractivity contribution in [2.45, 2.75) is 9.79 Å². The number of hydrogen-bond acceptors (Lipinski definition) is 5. The fourth-order valence-corrected chi connectivity index (χ4v) is 2.26. The van der Waals surface area contributed by atoms with Gasteiger partial charge < -0.3 is 11.1 Å². The minimum atomic E-state index is -4.69. The molecule has 18 heavy (non-hydrogen) atoms. The second-order valence-electron chi connectivity index (χ2n) is 3.10. The summed E-state index contributed by atoms with van der Waals surface area (Å²) in [4.78, 5) is 9.21. The summed E-state index contributed by atoms with van der Waals surface area (Å²) in [6.07, 6.45) is 0. The van der Waals surface area contributed by atoms with Gasteiger partial charge in [0.05, 0.1) is 10.6 Å². The van der Waals surface area contributed by atoms with Crippen LogP contribution in [0.1, 0.15) is 0 Å². The molecule has 0 aliphatic carbocycles. The zero-order valence-electron chi connectivity index (χ0n) is 8.56. The molecule has 0 saturated heterocycles. The smallest absolute Gasteiger partial charge is 0.316 e. The van der Waals surface area contributed by atoms with Crippen molar-refractivity contribution >= 4 is 32.0 Å². The van der Waals surface area contributed by atoms with Gasteiger partial charge in [-0.1, -0.05) is 0 Å². The van der Waals surface area contributed by atoms with Gasteiger partial charge in [0.25, 0.3) is 20.2 Å². The number of rotatable bonds is 3. The third kappa shape index (κ3) is 3.40.